The van der Waals surface area contributed by atoms with Gasteiger partial charge >= 0.3 is 6.16 Å². The Morgan fingerprint density at radius 1 is 1.00 bits per heavy atom. The molecule has 1 fully saturated rings. The highest BCUT2D eigenvalue weighted by Gasteiger charge is 2.23. The minimum Gasteiger partial charge on any atom is -0.450 e. The summed E-state index contributed by atoms with van der Waals surface area (Å²) in [5.74, 6) is 0. The summed E-state index contributed by atoms with van der Waals surface area (Å²) in [6.07, 6.45) is 3.71. The lowest BCUT2D eigenvalue weighted by molar-refractivity contribution is 0.0135. The Kier molecular flexibility index (Phi) is 6.35. The Morgan fingerprint density at radius 3 is 2.55 bits per heavy atom. The molecule has 0 unspecified atom stereocenters. The topological polar surface area (TPSA) is 53.0 Å². The summed E-state index contributed by atoms with van der Waals surface area (Å²) in [5.41, 5.74) is 5.66. The minimum atomic E-state index is -1.16. The van der Waals surface area contributed by atoms with Crippen molar-refractivity contribution in [3.63, 3.8) is 0 Å². The van der Waals surface area contributed by atoms with Crippen LogP contribution in [0, 0.1) is 0 Å². The lowest BCUT2D eigenvalue weighted by Gasteiger charge is -2.34. The van der Waals surface area contributed by atoms with Crippen LogP contribution >= 0.6 is 0 Å². The molecule has 154 valence electrons. The number of fused-ring (bicyclic) bond motifs is 2. The van der Waals surface area contributed by atoms with Crippen LogP contribution in [0.3, 0.4) is 0 Å². The Labute approximate surface area is 172 Å². The molecule has 0 aliphatic carbocycles. The fraction of sp³-hybridized carbons (Fsp3) is 0.458. The molecule has 0 amide bonds. The molecule has 1 atom stereocenters. The number of para-hydroxylation sites is 1. The number of ether oxygens (including phenoxy) is 1. The molecule has 5 nitrogen and oxygen atoms in total. The van der Waals surface area contributed by atoms with E-state index in [2.05, 4.69) is 58.3 Å². The zero-order valence-corrected chi connectivity index (χ0v) is 16.9. The molecular weight excluding hydrogens is 364 g/mol. The maximum atomic E-state index is 10.8. The van der Waals surface area contributed by atoms with Gasteiger partial charge in [0.1, 0.15) is 6.10 Å². The fourth-order valence-electron chi connectivity index (χ4n) is 4.69. The number of hydrogen-bond donors (Lipinski definition) is 1. The number of anilines is 1. The Hall–Kier alpha value is -2.53. The number of hydrogen-bond acceptors (Lipinski definition) is 4. The third kappa shape index (κ3) is 5.10. The van der Waals surface area contributed by atoms with Gasteiger partial charge < -0.3 is 14.7 Å². The number of benzene rings is 2. The molecule has 2 aromatic carbocycles. The van der Waals surface area contributed by atoms with Crippen LogP contribution < -0.4 is 4.90 Å². The average Bonchev–Trinajstić information content (AvgIpc) is 2.71. The minimum absolute atomic E-state index is 0.185. The molecule has 1 saturated heterocycles. The van der Waals surface area contributed by atoms with Crippen molar-refractivity contribution >= 4 is 11.8 Å². The van der Waals surface area contributed by atoms with E-state index in [1.54, 1.807) is 0 Å². The van der Waals surface area contributed by atoms with Crippen molar-refractivity contribution < 1.29 is 14.6 Å². The molecule has 0 spiro atoms. The fourth-order valence-corrected chi connectivity index (χ4v) is 4.69. The molecule has 0 saturated carbocycles. The zero-order chi connectivity index (χ0) is 20.1. The Morgan fingerprint density at radius 2 is 1.72 bits per heavy atom. The summed E-state index contributed by atoms with van der Waals surface area (Å²) in [4.78, 5) is 15.7. The van der Waals surface area contributed by atoms with Crippen molar-refractivity contribution in [1.29, 1.82) is 0 Å². The van der Waals surface area contributed by atoms with Crippen LogP contribution in [0.2, 0.25) is 0 Å². The maximum Gasteiger partial charge on any atom is 0.506 e. The van der Waals surface area contributed by atoms with Crippen molar-refractivity contribution in [2.24, 2.45) is 0 Å². The van der Waals surface area contributed by atoms with Gasteiger partial charge in [-0.3, -0.25) is 4.90 Å². The molecule has 0 bridgehead atoms. The van der Waals surface area contributed by atoms with Gasteiger partial charge in [0.2, 0.25) is 0 Å². The Balaban J connectivity index is 1.41. The summed E-state index contributed by atoms with van der Waals surface area (Å²) in [6, 6.07) is 17.6. The van der Waals surface area contributed by atoms with E-state index in [1.807, 2.05) is 0 Å². The average molecular weight is 395 g/mol. The van der Waals surface area contributed by atoms with Crippen molar-refractivity contribution in [2.45, 2.75) is 44.8 Å². The highest BCUT2D eigenvalue weighted by atomic mass is 16.7. The van der Waals surface area contributed by atoms with Gasteiger partial charge in [-0.25, -0.2) is 4.79 Å². The van der Waals surface area contributed by atoms with Crippen LogP contribution in [0.5, 0.6) is 0 Å². The SMILES string of the molecule is O=C(O)O[C@@H]1CCCN(CCCN2Cc3ccccc3CCc3ccccc32)C1. The largest absolute Gasteiger partial charge is 0.506 e. The summed E-state index contributed by atoms with van der Waals surface area (Å²) < 4.78 is 5.00. The molecule has 0 radical (unpaired) electrons. The lowest BCUT2D eigenvalue weighted by atomic mass is 9.95. The van der Waals surface area contributed by atoms with E-state index in [1.165, 1.54) is 22.4 Å². The molecule has 2 aliphatic rings. The van der Waals surface area contributed by atoms with E-state index >= 15 is 0 Å². The monoisotopic (exact) mass is 394 g/mol. The molecule has 2 aliphatic heterocycles. The summed E-state index contributed by atoms with van der Waals surface area (Å²) in [7, 11) is 0. The first kappa shape index (κ1) is 19.8. The number of piperidine rings is 1. The van der Waals surface area contributed by atoms with Gasteiger partial charge in [0.25, 0.3) is 0 Å². The molecule has 2 heterocycles. The van der Waals surface area contributed by atoms with E-state index in [4.69, 9.17) is 9.84 Å². The predicted molar refractivity (Wildman–Crippen MR) is 115 cm³/mol. The maximum absolute atomic E-state index is 10.8. The van der Waals surface area contributed by atoms with Gasteiger partial charge in [-0.15, -0.1) is 0 Å². The van der Waals surface area contributed by atoms with Gasteiger partial charge in [-0.05, 0) is 68.0 Å². The van der Waals surface area contributed by atoms with Gasteiger partial charge in [0.05, 0.1) is 0 Å². The number of aryl methyl sites for hydroxylation is 2. The first-order valence-electron chi connectivity index (χ1n) is 10.7. The van der Waals surface area contributed by atoms with Crippen LogP contribution in [0.15, 0.2) is 48.5 Å². The number of carbonyl (C=O) groups is 1. The van der Waals surface area contributed by atoms with Crippen molar-refractivity contribution in [3.8, 4) is 0 Å². The molecule has 4 rings (SSSR count). The summed E-state index contributed by atoms with van der Waals surface area (Å²) >= 11 is 0. The van der Waals surface area contributed by atoms with Crippen LogP contribution in [0.1, 0.15) is 36.0 Å². The highest BCUT2D eigenvalue weighted by molar-refractivity contribution is 5.57. The molecule has 2 aromatic rings. The normalized spacial score (nSPS) is 19.6. The molecule has 5 heteroatoms. The smallest absolute Gasteiger partial charge is 0.450 e. The summed E-state index contributed by atoms with van der Waals surface area (Å²) in [5, 5.41) is 8.87. The van der Waals surface area contributed by atoms with Crippen LogP contribution in [-0.4, -0.2) is 48.4 Å². The zero-order valence-electron chi connectivity index (χ0n) is 16.9. The van der Waals surface area contributed by atoms with Gasteiger partial charge in [-0.2, -0.15) is 0 Å². The van der Waals surface area contributed by atoms with Crippen molar-refractivity contribution in [2.75, 3.05) is 31.1 Å². The number of rotatable bonds is 5. The van der Waals surface area contributed by atoms with E-state index < -0.39 is 6.16 Å². The van der Waals surface area contributed by atoms with E-state index in [0.29, 0.717) is 6.54 Å². The van der Waals surface area contributed by atoms with Crippen molar-refractivity contribution in [3.05, 3.63) is 65.2 Å². The number of carboxylic acid groups (broad SMARTS) is 1. The van der Waals surface area contributed by atoms with E-state index in [0.717, 1.165) is 58.3 Å². The quantitative estimate of drug-likeness (QED) is 0.765. The molecular formula is C24H30N2O3. The van der Waals surface area contributed by atoms with Gasteiger partial charge in [-0.1, -0.05) is 42.5 Å². The Bertz CT molecular complexity index is 838. The standard InChI is InChI=1S/C24H30N2O3/c27-24(28)29-22-10-5-14-25(18-22)15-6-16-26-17-21-9-2-1-7-19(21)12-13-20-8-3-4-11-23(20)26/h1-4,7-9,11,22H,5-6,10,12-18H2,(H,27,28)/t22-/m1/s1. The van der Waals surface area contributed by atoms with Crippen LogP contribution in [0.25, 0.3) is 0 Å². The second-order valence-electron chi connectivity index (χ2n) is 8.12. The number of likely N-dealkylation sites (tertiary alicyclic amines) is 1. The second-order valence-corrected chi connectivity index (χ2v) is 8.12. The highest BCUT2D eigenvalue weighted by Crippen LogP contribution is 2.28. The van der Waals surface area contributed by atoms with Gasteiger partial charge in [0.15, 0.2) is 0 Å². The molecule has 0 aromatic heterocycles. The molecule has 29 heavy (non-hydrogen) atoms. The summed E-state index contributed by atoms with van der Waals surface area (Å²) in [6.45, 7) is 4.65. The van der Waals surface area contributed by atoms with E-state index in [9.17, 15) is 4.79 Å². The predicted octanol–water partition coefficient (Wildman–Crippen LogP) is 4.34. The van der Waals surface area contributed by atoms with Gasteiger partial charge in [0, 0.05) is 25.3 Å². The van der Waals surface area contributed by atoms with Crippen LogP contribution in [-0.2, 0) is 24.1 Å². The first-order valence-corrected chi connectivity index (χ1v) is 10.7. The van der Waals surface area contributed by atoms with E-state index in [-0.39, 0.29) is 6.10 Å². The van der Waals surface area contributed by atoms with Crippen LogP contribution in [0.4, 0.5) is 10.5 Å². The lowest BCUT2D eigenvalue weighted by Crippen LogP contribution is -2.41. The van der Waals surface area contributed by atoms with Crippen molar-refractivity contribution in [1.82, 2.24) is 4.90 Å². The third-order valence-electron chi connectivity index (χ3n) is 6.11. The number of nitrogens with zero attached hydrogens (tertiary/aromatic N) is 2. The third-order valence-corrected chi connectivity index (χ3v) is 6.11. The first-order chi connectivity index (χ1) is 14.2. The second kappa shape index (κ2) is 9.31. The molecule has 1 N–H and O–H groups in total.